The zero-order chi connectivity index (χ0) is 12.0. The van der Waals surface area contributed by atoms with E-state index in [4.69, 9.17) is 9.47 Å². The van der Waals surface area contributed by atoms with Crippen LogP contribution < -0.4 is 5.32 Å². The van der Waals surface area contributed by atoms with Crippen LogP contribution in [0.1, 0.15) is 46.0 Å². The minimum atomic E-state index is -0.0375. The third-order valence-corrected chi connectivity index (χ3v) is 3.56. The molecule has 3 heteroatoms. The predicted octanol–water partition coefficient (Wildman–Crippen LogP) is 2.35. The Morgan fingerprint density at radius 1 is 1.50 bits per heavy atom. The summed E-state index contributed by atoms with van der Waals surface area (Å²) in [5.74, 6) is 0. The maximum Gasteiger partial charge on any atom is 0.0637 e. The lowest BCUT2D eigenvalue weighted by Gasteiger charge is -2.28. The zero-order valence-corrected chi connectivity index (χ0v) is 11.2. The van der Waals surface area contributed by atoms with Gasteiger partial charge < -0.3 is 14.8 Å². The Balaban J connectivity index is 2.25. The molecule has 1 aliphatic heterocycles. The van der Waals surface area contributed by atoms with Crippen LogP contribution in [0.15, 0.2) is 0 Å². The average Bonchev–Trinajstić information content (AvgIpc) is 2.77. The molecular formula is C13H27NO2. The molecule has 0 aromatic rings. The van der Waals surface area contributed by atoms with Crippen molar-refractivity contribution in [3.8, 4) is 0 Å². The van der Waals surface area contributed by atoms with Gasteiger partial charge in [-0.2, -0.15) is 0 Å². The van der Waals surface area contributed by atoms with Crippen LogP contribution in [-0.2, 0) is 9.47 Å². The van der Waals surface area contributed by atoms with Gasteiger partial charge in [-0.3, -0.25) is 0 Å². The summed E-state index contributed by atoms with van der Waals surface area (Å²) in [6.45, 7) is 5.24. The van der Waals surface area contributed by atoms with E-state index in [1.807, 2.05) is 7.05 Å². The molecule has 16 heavy (non-hydrogen) atoms. The monoisotopic (exact) mass is 229 g/mol. The predicted molar refractivity (Wildman–Crippen MR) is 66.8 cm³/mol. The molecule has 1 heterocycles. The van der Waals surface area contributed by atoms with E-state index in [0.29, 0.717) is 12.1 Å². The molecule has 96 valence electrons. The third-order valence-electron chi connectivity index (χ3n) is 3.56. The van der Waals surface area contributed by atoms with E-state index in [1.54, 1.807) is 7.11 Å². The molecule has 0 aromatic heterocycles. The van der Waals surface area contributed by atoms with Crippen molar-refractivity contribution in [1.29, 1.82) is 0 Å². The van der Waals surface area contributed by atoms with E-state index >= 15 is 0 Å². The van der Waals surface area contributed by atoms with Crippen LogP contribution >= 0.6 is 0 Å². The quantitative estimate of drug-likeness (QED) is 0.727. The van der Waals surface area contributed by atoms with Crippen LogP contribution in [0.25, 0.3) is 0 Å². The van der Waals surface area contributed by atoms with Gasteiger partial charge in [0.2, 0.25) is 0 Å². The molecule has 1 aliphatic rings. The number of nitrogens with one attached hydrogen (secondary N) is 1. The summed E-state index contributed by atoms with van der Waals surface area (Å²) in [5.41, 5.74) is -0.0375. The molecule has 2 atom stereocenters. The van der Waals surface area contributed by atoms with E-state index < -0.39 is 0 Å². The minimum absolute atomic E-state index is 0.0375. The molecule has 3 nitrogen and oxygen atoms in total. The highest BCUT2D eigenvalue weighted by Crippen LogP contribution is 2.22. The molecule has 2 unspecified atom stereocenters. The lowest BCUT2D eigenvalue weighted by Crippen LogP contribution is -2.36. The fourth-order valence-corrected chi connectivity index (χ4v) is 2.28. The molecule has 0 saturated carbocycles. The summed E-state index contributed by atoms with van der Waals surface area (Å²) in [6, 6.07) is 0.527. The highest BCUT2D eigenvalue weighted by Gasteiger charge is 2.23. The molecule has 0 aromatic carbocycles. The largest absolute Gasteiger partial charge is 0.379 e. The molecule has 1 fully saturated rings. The maximum atomic E-state index is 5.65. The summed E-state index contributed by atoms with van der Waals surface area (Å²) in [4.78, 5) is 0. The Kier molecular flexibility index (Phi) is 5.73. The fourth-order valence-electron chi connectivity index (χ4n) is 2.28. The van der Waals surface area contributed by atoms with Crippen molar-refractivity contribution >= 4 is 0 Å². The lowest BCUT2D eigenvalue weighted by molar-refractivity contribution is 0.00526. The molecule has 0 amide bonds. The topological polar surface area (TPSA) is 30.5 Å². The molecule has 0 bridgehead atoms. The number of hydrogen-bond acceptors (Lipinski definition) is 3. The van der Waals surface area contributed by atoms with E-state index in [0.717, 1.165) is 13.0 Å². The standard InChI is InChI=1S/C13H27NO2/c1-13(2,15-4)10-11(14-3)7-8-12-6-5-9-16-12/h11-12,14H,5-10H2,1-4H3. The second kappa shape index (κ2) is 6.58. The molecule has 1 saturated heterocycles. The fraction of sp³-hybridized carbons (Fsp3) is 1.00. The molecule has 0 spiro atoms. The SMILES string of the molecule is CNC(CCC1CCCO1)CC(C)(C)OC. The van der Waals surface area contributed by atoms with Gasteiger partial charge in [-0.05, 0) is 53.0 Å². The first-order chi connectivity index (χ1) is 7.57. The van der Waals surface area contributed by atoms with Crippen LogP contribution in [0.4, 0.5) is 0 Å². The molecule has 0 aliphatic carbocycles. The normalized spacial score (nSPS) is 23.6. The smallest absolute Gasteiger partial charge is 0.0637 e. The van der Waals surface area contributed by atoms with Crippen molar-refractivity contribution in [1.82, 2.24) is 5.32 Å². The molecular weight excluding hydrogens is 202 g/mol. The first-order valence-corrected chi connectivity index (χ1v) is 6.41. The van der Waals surface area contributed by atoms with Gasteiger partial charge in [0.15, 0.2) is 0 Å². The molecule has 0 radical (unpaired) electrons. The van der Waals surface area contributed by atoms with Crippen molar-refractivity contribution in [2.45, 2.75) is 63.7 Å². The van der Waals surface area contributed by atoms with E-state index in [-0.39, 0.29) is 5.60 Å². The highest BCUT2D eigenvalue weighted by atomic mass is 16.5. The van der Waals surface area contributed by atoms with E-state index in [9.17, 15) is 0 Å². The van der Waals surface area contributed by atoms with E-state index in [1.165, 1.54) is 25.7 Å². The Morgan fingerprint density at radius 3 is 2.75 bits per heavy atom. The Labute approximate surface area is 99.9 Å². The van der Waals surface area contributed by atoms with Crippen LogP contribution in [0, 0.1) is 0 Å². The summed E-state index contributed by atoms with van der Waals surface area (Å²) < 4.78 is 11.1. The van der Waals surface area contributed by atoms with Crippen molar-refractivity contribution in [3.63, 3.8) is 0 Å². The Hall–Kier alpha value is -0.120. The van der Waals surface area contributed by atoms with Crippen LogP contribution in [-0.4, -0.2) is 38.5 Å². The Bertz CT molecular complexity index is 188. The van der Waals surface area contributed by atoms with Crippen molar-refractivity contribution in [2.75, 3.05) is 20.8 Å². The number of ether oxygens (including phenoxy) is 2. The Morgan fingerprint density at radius 2 is 2.25 bits per heavy atom. The summed E-state index contributed by atoms with van der Waals surface area (Å²) in [7, 11) is 3.82. The number of methoxy groups -OCH3 is 1. The summed E-state index contributed by atoms with van der Waals surface area (Å²) in [6.07, 6.45) is 6.37. The second-order valence-corrected chi connectivity index (χ2v) is 5.37. The third kappa shape index (κ3) is 4.81. The molecule has 1 N–H and O–H groups in total. The lowest BCUT2D eigenvalue weighted by atomic mass is 9.94. The summed E-state index contributed by atoms with van der Waals surface area (Å²) in [5, 5.41) is 3.38. The van der Waals surface area contributed by atoms with Crippen molar-refractivity contribution in [2.24, 2.45) is 0 Å². The van der Waals surface area contributed by atoms with E-state index in [2.05, 4.69) is 19.2 Å². The van der Waals surface area contributed by atoms with Gasteiger partial charge in [0.1, 0.15) is 0 Å². The number of rotatable bonds is 7. The number of hydrogen-bond donors (Lipinski definition) is 1. The maximum absolute atomic E-state index is 5.65. The van der Waals surface area contributed by atoms with Gasteiger partial charge >= 0.3 is 0 Å². The first-order valence-electron chi connectivity index (χ1n) is 6.41. The van der Waals surface area contributed by atoms with Gasteiger partial charge in [0.05, 0.1) is 11.7 Å². The second-order valence-electron chi connectivity index (χ2n) is 5.37. The van der Waals surface area contributed by atoms with Gasteiger partial charge in [-0.15, -0.1) is 0 Å². The van der Waals surface area contributed by atoms with Gasteiger partial charge in [0.25, 0.3) is 0 Å². The van der Waals surface area contributed by atoms with Crippen LogP contribution in [0.5, 0.6) is 0 Å². The van der Waals surface area contributed by atoms with Crippen LogP contribution in [0.3, 0.4) is 0 Å². The average molecular weight is 229 g/mol. The minimum Gasteiger partial charge on any atom is -0.379 e. The van der Waals surface area contributed by atoms with Gasteiger partial charge in [0, 0.05) is 19.8 Å². The highest BCUT2D eigenvalue weighted by molar-refractivity contribution is 4.79. The van der Waals surface area contributed by atoms with Crippen molar-refractivity contribution in [3.05, 3.63) is 0 Å². The summed E-state index contributed by atoms with van der Waals surface area (Å²) >= 11 is 0. The molecule has 1 rings (SSSR count). The van der Waals surface area contributed by atoms with Gasteiger partial charge in [-0.1, -0.05) is 0 Å². The van der Waals surface area contributed by atoms with Crippen LogP contribution in [0.2, 0.25) is 0 Å². The zero-order valence-electron chi connectivity index (χ0n) is 11.2. The first kappa shape index (κ1) is 13.9. The van der Waals surface area contributed by atoms with Gasteiger partial charge in [-0.25, -0.2) is 0 Å². The van der Waals surface area contributed by atoms with Crippen molar-refractivity contribution < 1.29 is 9.47 Å².